The Morgan fingerprint density at radius 3 is 2.50 bits per heavy atom. The predicted octanol–water partition coefficient (Wildman–Crippen LogP) is 1.89. The van der Waals surface area contributed by atoms with E-state index in [1.165, 1.54) is 5.01 Å². The van der Waals surface area contributed by atoms with Gasteiger partial charge in [-0.15, -0.1) is 4.91 Å². The predicted molar refractivity (Wildman–Crippen MR) is 48.3 cm³/mol. The summed E-state index contributed by atoms with van der Waals surface area (Å²) >= 11 is 0. The highest BCUT2D eigenvalue weighted by Gasteiger charge is 2.12. The number of nitroso groups, excluding NO2 is 1. The second-order valence-electron chi connectivity index (χ2n) is 2.87. The van der Waals surface area contributed by atoms with E-state index in [1.807, 2.05) is 13.8 Å². The van der Waals surface area contributed by atoms with Gasteiger partial charge in [-0.1, -0.05) is 26.7 Å². The Labute approximate surface area is 73.5 Å². The van der Waals surface area contributed by atoms with E-state index in [9.17, 15) is 10.0 Å². The Balaban J connectivity index is 3.70. The third-order valence-electron chi connectivity index (χ3n) is 1.74. The quantitative estimate of drug-likeness (QED) is 0.364. The summed E-state index contributed by atoms with van der Waals surface area (Å²) in [6.07, 6.45) is 2.67. The van der Waals surface area contributed by atoms with Crippen LogP contribution in [0.5, 0.6) is 0 Å². The molecule has 0 aromatic rings. The van der Waals surface area contributed by atoms with Crippen LogP contribution < -0.4 is 0 Å². The molecule has 0 fully saturated rings. The molecule has 0 saturated heterocycles. The van der Waals surface area contributed by atoms with Crippen molar-refractivity contribution in [2.45, 2.75) is 45.8 Å². The maximum atomic E-state index is 10.2. The number of nitrogens with zero attached hydrogens (tertiary/aromatic N) is 2. The molecule has 1 atom stereocenters. The van der Waals surface area contributed by atoms with Crippen LogP contribution in [0.15, 0.2) is 5.29 Å². The van der Waals surface area contributed by atoms with E-state index in [-0.39, 0.29) is 0 Å². The van der Waals surface area contributed by atoms with Gasteiger partial charge < -0.3 is 5.11 Å². The van der Waals surface area contributed by atoms with Gasteiger partial charge in [0.2, 0.25) is 0 Å². The van der Waals surface area contributed by atoms with Crippen molar-refractivity contribution in [3.8, 4) is 0 Å². The van der Waals surface area contributed by atoms with Crippen LogP contribution in [-0.2, 0) is 0 Å². The largest absolute Gasteiger partial charge is 0.372 e. The highest BCUT2D eigenvalue weighted by molar-refractivity contribution is 4.55. The first-order valence-electron chi connectivity index (χ1n) is 4.54. The Hall–Kier alpha value is -0.640. The molecular formula is C8H18N2O2. The minimum Gasteiger partial charge on any atom is -0.372 e. The van der Waals surface area contributed by atoms with Crippen molar-refractivity contribution < 1.29 is 5.11 Å². The molecule has 0 aliphatic carbocycles. The van der Waals surface area contributed by atoms with E-state index in [0.717, 1.165) is 19.3 Å². The second-order valence-corrected chi connectivity index (χ2v) is 2.87. The smallest absolute Gasteiger partial charge is 0.145 e. The molecule has 0 aromatic carbocycles. The van der Waals surface area contributed by atoms with Crippen molar-refractivity contribution in [2.75, 3.05) is 6.54 Å². The molecule has 0 aromatic heterocycles. The van der Waals surface area contributed by atoms with Crippen LogP contribution in [0.1, 0.15) is 39.5 Å². The summed E-state index contributed by atoms with van der Waals surface area (Å²) < 4.78 is 0. The van der Waals surface area contributed by atoms with Gasteiger partial charge in [-0.3, -0.25) is 0 Å². The van der Waals surface area contributed by atoms with E-state index in [2.05, 4.69) is 5.29 Å². The van der Waals surface area contributed by atoms with Crippen molar-refractivity contribution in [2.24, 2.45) is 5.29 Å². The fraction of sp³-hybridized carbons (Fsp3) is 1.00. The first kappa shape index (κ1) is 11.4. The number of rotatable bonds is 7. The van der Waals surface area contributed by atoms with Gasteiger partial charge in [0.05, 0.1) is 5.29 Å². The van der Waals surface area contributed by atoms with Crippen molar-refractivity contribution >= 4 is 0 Å². The standard InChI is InChI=1S/C8H18N2O2/c1-3-5-7-10(9-12)8(11)6-4-2/h8,11H,3-7H2,1-2H3. The molecule has 0 aliphatic rings. The van der Waals surface area contributed by atoms with Crippen LogP contribution >= 0.6 is 0 Å². The fourth-order valence-electron chi connectivity index (χ4n) is 0.972. The molecule has 4 heteroatoms. The Bertz CT molecular complexity index is 120. The van der Waals surface area contributed by atoms with Crippen LogP contribution in [0.3, 0.4) is 0 Å². The number of hydrogen-bond donors (Lipinski definition) is 1. The van der Waals surface area contributed by atoms with E-state index >= 15 is 0 Å². The highest BCUT2D eigenvalue weighted by atomic mass is 16.3. The highest BCUT2D eigenvalue weighted by Crippen LogP contribution is 2.05. The lowest BCUT2D eigenvalue weighted by molar-refractivity contribution is -0.00359. The van der Waals surface area contributed by atoms with Crippen molar-refractivity contribution in [1.29, 1.82) is 0 Å². The molecule has 72 valence electrons. The summed E-state index contributed by atoms with van der Waals surface area (Å²) in [5, 5.41) is 13.4. The molecular weight excluding hydrogens is 156 g/mol. The minimum absolute atomic E-state index is 0.557. The Kier molecular flexibility index (Phi) is 6.66. The molecule has 12 heavy (non-hydrogen) atoms. The third-order valence-corrected chi connectivity index (χ3v) is 1.74. The summed E-state index contributed by atoms with van der Waals surface area (Å²) in [7, 11) is 0. The van der Waals surface area contributed by atoms with Gasteiger partial charge in [0.25, 0.3) is 0 Å². The monoisotopic (exact) mass is 174 g/mol. The maximum Gasteiger partial charge on any atom is 0.145 e. The van der Waals surface area contributed by atoms with E-state index < -0.39 is 6.23 Å². The van der Waals surface area contributed by atoms with E-state index in [0.29, 0.717) is 13.0 Å². The molecule has 0 bridgehead atoms. The van der Waals surface area contributed by atoms with Gasteiger partial charge in [0.15, 0.2) is 0 Å². The van der Waals surface area contributed by atoms with Gasteiger partial charge in [-0.2, -0.15) is 0 Å². The van der Waals surface area contributed by atoms with Crippen LogP contribution in [0, 0.1) is 4.91 Å². The molecule has 0 saturated carbocycles. The lowest BCUT2D eigenvalue weighted by atomic mass is 10.3. The molecule has 1 unspecified atom stereocenters. The van der Waals surface area contributed by atoms with E-state index in [1.54, 1.807) is 0 Å². The topological polar surface area (TPSA) is 52.9 Å². The summed E-state index contributed by atoms with van der Waals surface area (Å²) in [6.45, 7) is 4.56. The minimum atomic E-state index is -0.695. The average molecular weight is 174 g/mol. The number of unbranched alkanes of at least 4 members (excludes halogenated alkanes) is 1. The Morgan fingerprint density at radius 2 is 2.08 bits per heavy atom. The second kappa shape index (κ2) is 7.03. The maximum absolute atomic E-state index is 10.2. The molecule has 1 N–H and O–H groups in total. The fourth-order valence-corrected chi connectivity index (χ4v) is 0.972. The molecule has 0 spiro atoms. The zero-order valence-corrected chi connectivity index (χ0v) is 7.86. The van der Waals surface area contributed by atoms with Crippen molar-refractivity contribution in [1.82, 2.24) is 5.01 Å². The molecule has 0 radical (unpaired) electrons. The summed E-state index contributed by atoms with van der Waals surface area (Å²) in [4.78, 5) is 10.2. The van der Waals surface area contributed by atoms with Gasteiger partial charge in [-0.05, 0) is 12.8 Å². The third kappa shape index (κ3) is 4.28. The normalized spacial score (nSPS) is 12.6. The summed E-state index contributed by atoms with van der Waals surface area (Å²) in [5.74, 6) is 0. The lowest BCUT2D eigenvalue weighted by Crippen LogP contribution is -2.30. The van der Waals surface area contributed by atoms with Crippen LogP contribution in [-0.4, -0.2) is 22.9 Å². The first-order valence-corrected chi connectivity index (χ1v) is 4.54. The first-order chi connectivity index (χ1) is 5.76. The molecule has 0 amide bonds. The number of aliphatic hydroxyl groups excluding tert-OH is 1. The SMILES string of the molecule is CCCCN(N=O)C(O)CCC. The van der Waals surface area contributed by atoms with Crippen molar-refractivity contribution in [3.05, 3.63) is 4.91 Å². The zero-order valence-electron chi connectivity index (χ0n) is 7.86. The van der Waals surface area contributed by atoms with E-state index in [4.69, 9.17) is 0 Å². The lowest BCUT2D eigenvalue weighted by Gasteiger charge is -2.20. The van der Waals surface area contributed by atoms with Crippen LogP contribution in [0.2, 0.25) is 0 Å². The molecule has 0 rings (SSSR count). The van der Waals surface area contributed by atoms with Gasteiger partial charge >= 0.3 is 0 Å². The summed E-state index contributed by atoms with van der Waals surface area (Å²) in [6, 6.07) is 0. The van der Waals surface area contributed by atoms with Gasteiger partial charge in [-0.25, -0.2) is 5.01 Å². The average Bonchev–Trinajstić information content (AvgIpc) is 2.06. The summed E-state index contributed by atoms with van der Waals surface area (Å²) in [5.41, 5.74) is 0. The van der Waals surface area contributed by atoms with Crippen LogP contribution in [0.4, 0.5) is 0 Å². The molecule has 4 nitrogen and oxygen atoms in total. The van der Waals surface area contributed by atoms with Crippen LogP contribution in [0.25, 0.3) is 0 Å². The van der Waals surface area contributed by atoms with Crippen molar-refractivity contribution in [3.63, 3.8) is 0 Å². The van der Waals surface area contributed by atoms with Gasteiger partial charge in [0, 0.05) is 6.54 Å². The Morgan fingerprint density at radius 1 is 1.42 bits per heavy atom. The zero-order chi connectivity index (χ0) is 9.40. The number of aliphatic hydroxyl groups is 1. The number of hydrogen-bond acceptors (Lipinski definition) is 3. The molecule has 0 heterocycles. The molecule has 0 aliphatic heterocycles. The van der Waals surface area contributed by atoms with Gasteiger partial charge in [0.1, 0.15) is 6.23 Å².